The molecule has 8 heteroatoms. The Balaban J connectivity index is 1.88. The van der Waals surface area contributed by atoms with Gasteiger partial charge in [0.1, 0.15) is 16.8 Å². The second kappa shape index (κ2) is 7.06. The highest BCUT2D eigenvalue weighted by Crippen LogP contribution is 2.35. The SMILES string of the molecule is CC1CCOc2c(c3cc(Nc4ccnc(Cl)c4C#N)ccc3n(C)c2=O)N1. The summed E-state index contributed by atoms with van der Waals surface area (Å²) in [5, 5.41) is 17.0. The lowest BCUT2D eigenvalue weighted by Gasteiger charge is -2.17. The van der Waals surface area contributed by atoms with Crippen molar-refractivity contribution in [2.45, 2.75) is 19.4 Å². The molecule has 1 aliphatic rings. The zero-order valence-electron chi connectivity index (χ0n) is 15.4. The molecule has 7 nitrogen and oxygen atoms in total. The number of ether oxygens (including phenoxy) is 1. The van der Waals surface area contributed by atoms with Crippen molar-refractivity contribution >= 4 is 39.6 Å². The van der Waals surface area contributed by atoms with Crippen LogP contribution in [-0.4, -0.2) is 22.2 Å². The summed E-state index contributed by atoms with van der Waals surface area (Å²) >= 11 is 6.02. The fourth-order valence-electron chi connectivity index (χ4n) is 3.33. The largest absolute Gasteiger partial charge is 0.486 e. The van der Waals surface area contributed by atoms with E-state index < -0.39 is 0 Å². The lowest BCUT2D eigenvalue weighted by Crippen LogP contribution is -2.21. The first-order valence-corrected chi connectivity index (χ1v) is 9.25. The zero-order valence-corrected chi connectivity index (χ0v) is 16.2. The highest BCUT2D eigenvalue weighted by atomic mass is 35.5. The molecule has 3 heterocycles. The number of rotatable bonds is 2. The normalized spacial score (nSPS) is 15.7. The first kappa shape index (κ1) is 18.1. The van der Waals surface area contributed by atoms with Crippen LogP contribution < -0.4 is 20.9 Å². The van der Waals surface area contributed by atoms with E-state index in [0.29, 0.717) is 23.7 Å². The second-order valence-corrected chi connectivity index (χ2v) is 7.10. The Kier molecular flexibility index (Phi) is 4.57. The summed E-state index contributed by atoms with van der Waals surface area (Å²) in [6.07, 6.45) is 2.34. The van der Waals surface area contributed by atoms with Gasteiger partial charge < -0.3 is 19.9 Å². The molecule has 1 aliphatic heterocycles. The van der Waals surface area contributed by atoms with E-state index >= 15 is 0 Å². The highest BCUT2D eigenvalue weighted by Gasteiger charge is 2.21. The molecule has 0 bridgehead atoms. The summed E-state index contributed by atoms with van der Waals surface area (Å²) in [5.41, 5.74) is 2.91. The van der Waals surface area contributed by atoms with Crippen molar-refractivity contribution in [1.82, 2.24) is 9.55 Å². The number of aromatic nitrogens is 2. The number of aryl methyl sites for hydroxylation is 1. The van der Waals surface area contributed by atoms with Crippen LogP contribution in [0.1, 0.15) is 18.9 Å². The molecule has 2 N–H and O–H groups in total. The van der Waals surface area contributed by atoms with Crippen molar-refractivity contribution in [3.8, 4) is 11.8 Å². The monoisotopic (exact) mass is 395 g/mol. The fourth-order valence-corrected chi connectivity index (χ4v) is 3.53. The average Bonchev–Trinajstić information content (AvgIpc) is 2.88. The summed E-state index contributed by atoms with van der Waals surface area (Å²) in [5.74, 6) is 0.334. The summed E-state index contributed by atoms with van der Waals surface area (Å²) in [6.45, 7) is 2.54. The minimum Gasteiger partial charge on any atom is -0.486 e. The molecule has 3 aromatic rings. The lowest BCUT2D eigenvalue weighted by atomic mass is 10.1. The third kappa shape index (κ3) is 3.02. The van der Waals surface area contributed by atoms with Gasteiger partial charge in [0.05, 0.1) is 23.5 Å². The maximum absolute atomic E-state index is 12.7. The Morgan fingerprint density at radius 1 is 1.43 bits per heavy atom. The number of halogens is 1. The number of nitrogens with one attached hydrogen (secondary N) is 2. The quantitative estimate of drug-likeness (QED) is 0.641. The van der Waals surface area contributed by atoms with Gasteiger partial charge in [-0.3, -0.25) is 4.79 Å². The number of benzene rings is 1. The van der Waals surface area contributed by atoms with E-state index in [4.69, 9.17) is 16.3 Å². The molecular formula is C20H18ClN5O2. The van der Waals surface area contributed by atoms with Crippen LogP contribution in [-0.2, 0) is 7.05 Å². The molecule has 0 saturated carbocycles. The Hall–Kier alpha value is -3.24. The maximum Gasteiger partial charge on any atom is 0.295 e. The van der Waals surface area contributed by atoms with Gasteiger partial charge in [-0.25, -0.2) is 4.98 Å². The average molecular weight is 396 g/mol. The molecule has 28 heavy (non-hydrogen) atoms. The molecule has 142 valence electrons. The summed E-state index contributed by atoms with van der Waals surface area (Å²) in [6, 6.07) is 9.59. The number of nitrogens with zero attached hydrogens (tertiary/aromatic N) is 3. The van der Waals surface area contributed by atoms with Gasteiger partial charge in [0.15, 0.2) is 0 Å². The first-order valence-electron chi connectivity index (χ1n) is 8.87. The van der Waals surface area contributed by atoms with E-state index in [1.807, 2.05) is 18.2 Å². The van der Waals surface area contributed by atoms with Gasteiger partial charge in [-0.15, -0.1) is 0 Å². The number of hydrogen-bond acceptors (Lipinski definition) is 6. The van der Waals surface area contributed by atoms with Crippen LogP contribution in [0.15, 0.2) is 35.3 Å². The first-order chi connectivity index (χ1) is 13.5. The Morgan fingerprint density at radius 2 is 2.25 bits per heavy atom. The molecule has 2 aromatic heterocycles. The Bertz CT molecular complexity index is 1180. The molecule has 1 aromatic carbocycles. The van der Waals surface area contributed by atoms with Crippen molar-refractivity contribution in [1.29, 1.82) is 5.26 Å². The van der Waals surface area contributed by atoms with Crippen molar-refractivity contribution in [3.63, 3.8) is 0 Å². The van der Waals surface area contributed by atoms with Crippen LogP contribution in [0.25, 0.3) is 10.9 Å². The predicted molar refractivity (Wildman–Crippen MR) is 110 cm³/mol. The molecule has 1 atom stereocenters. The third-order valence-electron chi connectivity index (χ3n) is 4.84. The lowest BCUT2D eigenvalue weighted by molar-refractivity contribution is 0.309. The van der Waals surface area contributed by atoms with Crippen LogP contribution in [0.3, 0.4) is 0 Å². The molecular weight excluding hydrogens is 378 g/mol. The smallest absolute Gasteiger partial charge is 0.295 e. The minimum atomic E-state index is -0.169. The number of nitriles is 1. The minimum absolute atomic E-state index is 0.147. The molecule has 0 spiro atoms. The number of fused-ring (bicyclic) bond motifs is 3. The predicted octanol–water partition coefficient (Wildman–Crippen LogP) is 3.79. The van der Waals surface area contributed by atoms with Gasteiger partial charge in [-0.05, 0) is 31.2 Å². The zero-order chi connectivity index (χ0) is 19.8. The second-order valence-electron chi connectivity index (χ2n) is 6.74. The van der Waals surface area contributed by atoms with Gasteiger partial charge in [-0.2, -0.15) is 5.26 Å². The van der Waals surface area contributed by atoms with Gasteiger partial charge in [-0.1, -0.05) is 11.6 Å². The fraction of sp³-hybridized carbons (Fsp3) is 0.250. The molecule has 0 amide bonds. The van der Waals surface area contributed by atoms with E-state index in [9.17, 15) is 10.1 Å². The van der Waals surface area contributed by atoms with E-state index in [2.05, 4.69) is 28.6 Å². The summed E-state index contributed by atoms with van der Waals surface area (Å²) in [7, 11) is 1.73. The van der Waals surface area contributed by atoms with E-state index in [-0.39, 0.29) is 22.3 Å². The van der Waals surface area contributed by atoms with Crippen LogP contribution in [0.5, 0.6) is 5.75 Å². The number of anilines is 3. The van der Waals surface area contributed by atoms with Crippen molar-refractivity contribution in [3.05, 3.63) is 51.5 Å². The molecule has 4 rings (SSSR count). The highest BCUT2D eigenvalue weighted by molar-refractivity contribution is 6.31. The number of hydrogen-bond donors (Lipinski definition) is 2. The topological polar surface area (TPSA) is 92.0 Å². The molecule has 1 unspecified atom stereocenters. The van der Waals surface area contributed by atoms with Gasteiger partial charge in [0.2, 0.25) is 5.75 Å². The van der Waals surface area contributed by atoms with E-state index in [1.54, 1.807) is 23.9 Å². The summed E-state index contributed by atoms with van der Waals surface area (Å²) in [4.78, 5) is 16.6. The van der Waals surface area contributed by atoms with E-state index in [1.165, 1.54) is 0 Å². The van der Waals surface area contributed by atoms with Gasteiger partial charge in [0.25, 0.3) is 5.56 Å². The van der Waals surface area contributed by atoms with Crippen molar-refractivity contribution in [2.75, 3.05) is 17.2 Å². The molecule has 0 radical (unpaired) electrons. The van der Waals surface area contributed by atoms with Crippen molar-refractivity contribution < 1.29 is 4.74 Å². The Labute approximate surface area is 166 Å². The maximum atomic E-state index is 12.7. The molecule has 0 saturated heterocycles. The van der Waals surface area contributed by atoms with Crippen LogP contribution in [0, 0.1) is 11.3 Å². The van der Waals surface area contributed by atoms with Crippen molar-refractivity contribution in [2.24, 2.45) is 7.05 Å². The molecule has 0 fully saturated rings. The number of pyridine rings is 2. The van der Waals surface area contributed by atoms with Crippen LogP contribution in [0.2, 0.25) is 5.15 Å². The standard InChI is InChI=1S/C20H18ClN5O2/c1-11-6-8-28-18-17(24-11)13-9-12(3-4-16(13)26(2)20(18)27)25-15-5-7-23-19(21)14(15)10-22/h3-5,7,9,11,24H,6,8H2,1-2H3,(H,23,25). The van der Waals surface area contributed by atoms with Gasteiger partial charge in [0, 0.05) is 36.8 Å². The van der Waals surface area contributed by atoms with Gasteiger partial charge >= 0.3 is 0 Å². The third-order valence-corrected chi connectivity index (χ3v) is 5.12. The Morgan fingerprint density at radius 3 is 3.04 bits per heavy atom. The van der Waals surface area contributed by atoms with Crippen LogP contribution in [0.4, 0.5) is 17.1 Å². The summed E-state index contributed by atoms with van der Waals surface area (Å²) < 4.78 is 7.35. The van der Waals surface area contributed by atoms with Crippen LogP contribution >= 0.6 is 11.6 Å². The molecule has 0 aliphatic carbocycles. The van der Waals surface area contributed by atoms with E-state index in [0.717, 1.165) is 23.0 Å².